The molecular weight excluding hydrogens is 199 g/mol. The summed E-state index contributed by atoms with van der Waals surface area (Å²) in [6, 6.07) is 9.12. The van der Waals surface area contributed by atoms with E-state index in [2.05, 4.69) is 0 Å². The second-order valence-electron chi connectivity index (χ2n) is 2.99. The average Bonchev–Trinajstić information content (AvgIpc) is 2.27. The number of hydrogen-bond donors (Lipinski definition) is 1. The molecule has 0 bridgehead atoms. The van der Waals surface area contributed by atoms with E-state index in [0.29, 0.717) is 12.6 Å². The number of rotatable bonds is 5. The van der Waals surface area contributed by atoms with E-state index < -0.39 is 7.37 Å². The van der Waals surface area contributed by atoms with Gasteiger partial charge in [-0.2, -0.15) is 0 Å². The lowest BCUT2D eigenvalue weighted by atomic mass is 10.4. The lowest BCUT2D eigenvalue weighted by Gasteiger charge is -2.15. The molecule has 1 aromatic carbocycles. The Balaban J connectivity index is 2.85. The Hall–Kier alpha value is -0.630. The summed E-state index contributed by atoms with van der Waals surface area (Å²) in [4.78, 5) is 0. The van der Waals surface area contributed by atoms with Crippen LogP contribution in [0.3, 0.4) is 0 Å². The lowest BCUT2D eigenvalue weighted by Crippen LogP contribution is -2.09. The normalized spacial score (nSPS) is 15.0. The Morgan fingerprint density at radius 3 is 2.50 bits per heavy atom. The minimum absolute atomic E-state index is 0.0418. The first-order valence-electron chi connectivity index (χ1n) is 4.54. The highest BCUT2D eigenvalue weighted by atomic mass is 31.2. The van der Waals surface area contributed by atoms with Gasteiger partial charge in [0.05, 0.1) is 0 Å². The summed E-state index contributed by atoms with van der Waals surface area (Å²) < 4.78 is 17.3. The fourth-order valence-corrected chi connectivity index (χ4v) is 3.10. The molecule has 0 fully saturated rings. The van der Waals surface area contributed by atoms with Crippen LogP contribution in [-0.2, 0) is 9.09 Å². The maximum absolute atomic E-state index is 12.2. The first kappa shape index (κ1) is 11.4. The third-order valence-corrected chi connectivity index (χ3v) is 4.63. The summed E-state index contributed by atoms with van der Waals surface area (Å²) in [6.45, 7) is 0.0418. The fourth-order valence-electron chi connectivity index (χ4n) is 1.26. The molecular formula is C10H15O3P. The highest BCUT2D eigenvalue weighted by molar-refractivity contribution is 7.66. The molecule has 0 spiro atoms. The summed E-state index contributed by atoms with van der Waals surface area (Å²) in [6.07, 6.45) is 0.893. The van der Waals surface area contributed by atoms with Crippen LogP contribution < -0.4 is 5.30 Å². The second-order valence-corrected chi connectivity index (χ2v) is 5.67. The molecule has 1 unspecified atom stereocenters. The third-order valence-electron chi connectivity index (χ3n) is 2.06. The smallest absolute Gasteiger partial charge is 0.231 e. The predicted octanol–water partition coefficient (Wildman–Crippen LogP) is 1.62. The number of aliphatic hydroxyl groups is 1. The van der Waals surface area contributed by atoms with Gasteiger partial charge in [0.2, 0.25) is 7.37 Å². The monoisotopic (exact) mass is 214 g/mol. The zero-order chi connectivity index (χ0) is 10.4. The Bertz CT molecular complexity index is 310. The molecule has 1 rings (SSSR count). The molecule has 1 aromatic rings. The Morgan fingerprint density at radius 1 is 1.36 bits per heavy atom. The van der Waals surface area contributed by atoms with E-state index in [9.17, 15) is 4.57 Å². The van der Waals surface area contributed by atoms with Crippen LogP contribution in [0.15, 0.2) is 30.3 Å². The first-order valence-corrected chi connectivity index (χ1v) is 6.35. The number of aliphatic hydroxyl groups excluding tert-OH is 1. The van der Waals surface area contributed by atoms with Crippen molar-refractivity contribution in [2.24, 2.45) is 0 Å². The Labute approximate surface area is 84.2 Å². The fraction of sp³-hybridized carbons (Fsp3) is 0.400. The van der Waals surface area contributed by atoms with E-state index in [1.54, 1.807) is 12.1 Å². The summed E-state index contributed by atoms with van der Waals surface area (Å²) in [7, 11) is -1.28. The van der Waals surface area contributed by atoms with Gasteiger partial charge in [0.25, 0.3) is 0 Å². The maximum atomic E-state index is 12.2. The van der Waals surface area contributed by atoms with E-state index in [4.69, 9.17) is 9.63 Å². The van der Waals surface area contributed by atoms with E-state index in [1.165, 1.54) is 7.11 Å². The van der Waals surface area contributed by atoms with Crippen molar-refractivity contribution in [3.63, 3.8) is 0 Å². The van der Waals surface area contributed by atoms with Gasteiger partial charge in [-0.15, -0.1) is 0 Å². The van der Waals surface area contributed by atoms with Gasteiger partial charge in [-0.05, 0) is 18.6 Å². The summed E-state index contributed by atoms with van der Waals surface area (Å²) >= 11 is 0. The van der Waals surface area contributed by atoms with Crippen molar-refractivity contribution >= 4 is 12.7 Å². The molecule has 3 nitrogen and oxygen atoms in total. The molecule has 1 N–H and O–H groups in total. The Kier molecular flexibility index (Phi) is 4.33. The van der Waals surface area contributed by atoms with Crippen LogP contribution in [0.4, 0.5) is 0 Å². The van der Waals surface area contributed by atoms with Crippen LogP contribution in [-0.4, -0.2) is 25.0 Å². The van der Waals surface area contributed by atoms with Crippen molar-refractivity contribution in [3.05, 3.63) is 30.3 Å². The lowest BCUT2D eigenvalue weighted by molar-refractivity contribution is 0.292. The second kappa shape index (κ2) is 5.30. The summed E-state index contributed by atoms with van der Waals surface area (Å²) in [5, 5.41) is 9.41. The summed E-state index contributed by atoms with van der Waals surface area (Å²) in [5.74, 6) is 0. The van der Waals surface area contributed by atoms with E-state index in [-0.39, 0.29) is 6.61 Å². The van der Waals surface area contributed by atoms with E-state index in [0.717, 1.165) is 5.30 Å². The molecule has 0 saturated carbocycles. The van der Waals surface area contributed by atoms with Gasteiger partial charge in [0, 0.05) is 25.2 Å². The van der Waals surface area contributed by atoms with Crippen LogP contribution in [0, 0.1) is 0 Å². The van der Waals surface area contributed by atoms with Crippen molar-refractivity contribution in [1.29, 1.82) is 0 Å². The van der Waals surface area contributed by atoms with Crippen molar-refractivity contribution in [2.75, 3.05) is 19.9 Å². The minimum atomic E-state index is -2.73. The zero-order valence-corrected chi connectivity index (χ0v) is 9.11. The standard InChI is InChI=1S/C10H15O3P/c1-13-14(12,9-5-8-11)10-6-3-2-4-7-10/h2-4,6-7,11H,5,8-9H2,1H3. The van der Waals surface area contributed by atoms with Crippen molar-refractivity contribution in [1.82, 2.24) is 0 Å². The maximum Gasteiger partial charge on any atom is 0.231 e. The van der Waals surface area contributed by atoms with Gasteiger partial charge in [-0.3, -0.25) is 4.57 Å². The highest BCUT2D eigenvalue weighted by Gasteiger charge is 2.22. The minimum Gasteiger partial charge on any atom is -0.396 e. The van der Waals surface area contributed by atoms with E-state index in [1.807, 2.05) is 18.2 Å². The number of hydrogen-bond acceptors (Lipinski definition) is 3. The molecule has 14 heavy (non-hydrogen) atoms. The molecule has 1 atom stereocenters. The first-order chi connectivity index (χ1) is 6.73. The molecule has 78 valence electrons. The van der Waals surface area contributed by atoms with Crippen molar-refractivity contribution < 1.29 is 14.2 Å². The zero-order valence-electron chi connectivity index (χ0n) is 8.22. The van der Waals surface area contributed by atoms with Crippen LogP contribution >= 0.6 is 7.37 Å². The largest absolute Gasteiger partial charge is 0.396 e. The van der Waals surface area contributed by atoms with Crippen LogP contribution in [0.1, 0.15) is 6.42 Å². The van der Waals surface area contributed by atoms with E-state index >= 15 is 0 Å². The molecule has 0 saturated heterocycles. The third kappa shape index (κ3) is 2.68. The molecule has 0 aliphatic heterocycles. The van der Waals surface area contributed by atoms with Crippen LogP contribution in [0.25, 0.3) is 0 Å². The topological polar surface area (TPSA) is 46.5 Å². The number of benzene rings is 1. The molecule has 0 radical (unpaired) electrons. The van der Waals surface area contributed by atoms with Gasteiger partial charge in [0.1, 0.15) is 0 Å². The predicted molar refractivity (Wildman–Crippen MR) is 57.3 cm³/mol. The van der Waals surface area contributed by atoms with Crippen LogP contribution in [0.2, 0.25) is 0 Å². The quantitative estimate of drug-likeness (QED) is 0.757. The summed E-state index contributed by atoms with van der Waals surface area (Å²) in [5.41, 5.74) is 0. The van der Waals surface area contributed by atoms with Gasteiger partial charge < -0.3 is 9.63 Å². The van der Waals surface area contributed by atoms with Crippen molar-refractivity contribution in [3.8, 4) is 0 Å². The van der Waals surface area contributed by atoms with Crippen molar-refractivity contribution in [2.45, 2.75) is 6.42 Å². The van der Waals surface area contributed by atoms with Gasteiger partial charge in [-0.1, -0.05) is 18.2 Å². The van der Waals surface area contributed by atoms with Gasteiger partial charge in [-0.25, -0.2) is 0 Å². The Morgan fingerprint density at radius 2 is 2.00 bits per heavy atom. The van der Waals surface area contributed by atoms with Gasteiger partial charge >= 0.3 is 0 Å². The molecule has 4 heteroatoms. The molecule has 0 aromatic heterocycles. The van der Waals surface area contributed by atoms with Gasteiger partial charge in [0.15, 0.2) is 0 Å². The molecule has 0 aliphatic carbocycles. The van der Waals surface area contributed by atoms with Crippen LogP contribution in [0.5, 0.6) is 0 Å². The molecule has 0 heterocycles. The average molecular weight is 214 g/mol. The highest BCUT2D eigenvalue weighted by Crippen LogP contribution is 2.44. The molecule has 0 amide bonds. The SMILES string of the molecule is COP(=O)(CCCO)c1ccccc1. The molecule has 0 aliphatic rings.